The minimum atomic E-state index is -3.68. The number of rotatable bonds is 5. The molecule has 0 unspecified atom stereocenters. The monoisotopic (exact) mass is 415 g/mol. The van der Waals surface area contributed by atoms with Gasteiger partial charge in [0.25, 0.3) is 0 Å². The molecule has 1 atom stereocenters. The Morgan fingerprint density at radius 1 is 1.08 bits per heavy atom. The van der Waals surface area contributed by atoms with Crippen LogP contribution in [0.2, 0.25) is 10.0 Å². The molecule has 0 bridgehead atoms. The molecule has 0 saturated carbocycles. The molecule has 2 aromatic rings. The fourth-order valence-electron chi connectivity index (χ4n) is 3.13. The highest BCUT2D eigenvalue weighted by atomic mass is 35.5. The van der Waals surface area contributed by atoms with E-state index in [2.05, 4.69) is 0 Å². The van der Waals surface area contributed by atoms with Gasteiger partial charge in [0, 0.05) is 5.02 Å². The van der Waals surface area contributed by atoms with Gasteiger partial charge in [0.2, 0.25) is 10.0 Å². The molecule has 0 amide bonds. The summed E-state index contributed by atoms with van der Waals surface area (Å²) < 4.78 is 27.1. The first-order valence-corrected chi connectivity index (χ1v) is 10.6. The number of nitrogens with zero attached hydrogens (tertiary/aromatic N) is 1. The van der Waals surface area contributed by atoms with Crippen molar-refractivity contribution >= 4 is 33.2 Å². The molecule has 1 aliphatic heterocycles. The minimum absolute atomic E-state index is 0.0411. The first kappa shape index (κ1) is 19.6. The number of piperazine rings is 1. The fraction of sp³-hybridized carbons (Fsp3) is 0.333. The average Bonchev–Trinajstić information content (AvgIpc) is 2.65. The number of nitrogens with one attached hydrogen (secondary N) is 1. The lowest BCUT2D eigenvalue weighted by molar-refractivity contribution is -0.907. The van der Waals surface area contributed by atoms with E-state index in [0.717, 1.165) is 5.56 Å². The summed E-state index contributed by atoms with van der Waals surface area (Å²) in [7, 11) is -3.68. The van der Waals surface area contributed by atoms with E-state index in [-0.39, 0.29) is 9.92 Å². The molecule has 2 N–H and O–H groups in total. The van der Waals surface area contributed by atoms with Gasteiger partial charge < -0.3 is 10.0 Å². The molecule has 5 nitrogen and oxygen atoms in total. The molecule has 1 saturated heterocycles. The van der Waals surface area contributed by atoms with Crippen LogP contribution in [-0.2, 0) is 10.0 Å². The van der Waals surface area contributed by atoms with Gasteiger partial charge in [0.15, 0.2) is 0 Å². The quantitative estimate of drug-likeness (QED) is 0.779. The van der Waals surface area contributed by atoms with Gasteiger partial charge in [-0.05, 0) is 23.8 Å². The standard InChI is InChI=1S/C18H20Cl2N2O3S/c19-15-6-7-16(20)18(12-15)26(24,25)22-10-8-21(9-11-22)13-17(23)14-4-2-1-3-5-14/h1-7,12,17,23H,8-11,13H2/p+1/t17-/m0/s1. The van der Waals surface area contributed by atoms with Crippen molar-refractivity contribution in [1.82, 2.24) is 4.31 Å². The maximum atomic E-state index is 12.8. The molecule has 2 aromatic carbocycles. The van der Waals surface area contributed by atoms with Gasteiger partial charge >= 0.3 is 0 Å². The number of hydrogen-bond acceptors (Lipinski definition) is 3. The van der Waals surface area contributed by atoms with Crippen LogP contribution in [0, 0.1) is 0 Å². The van der Waals surface area contributed by atoms with Crippen LogP contribution >= 0.6 is 23.2 Å². The first-order valence-electron chi connectivity index (χ1n) is 8.39. The number of hydrogen-bond donors (Lipinski definition) is 2. The summed E-state index contributed by atoms with van der Waals surface area (Å²) in [5.74, 6) is 0. The summed E-state index contributed by atoms with van der Waals surface area (Å²) in [6.07, 6.45) is -0.559. The number of aliphatic hydroxyl groups excluding tert-OH is 1. The topological polar surface area (TPSA) is 62.0 Å². The Hall–Kier alpha value is -1.15. The van der Waals surface area contributed by atoms with Gasteiger partial charge in [0.05, 0.1) is 31.2 Å². The third-order valence-electron chi connectivity index (χ3n) is 4.61. The van der Waals surface area contributed by atoms with E-state index in [9.17, 15) is 13.5 Å². The average molecular weight is 416 g/mol. The Morgan fingerprint density at radius 2 is 1.73 bits per heavy atom. The van der Waals surface area contributed by atoms with Gasteiger partial charge in [-0.3, -0.25) is 0 Å². The van der Waals surface area contributed by atoms with Crippen LogP contribution in [-0.4, -0.2) is 50.6 Å². The largest absolute Gasteiger partial charge is 0.382 e. The summed E-state index contributed by atoms with van der Waals surface area (Å²) >= 11 is 12.0. The zero-order valence-electron chi connectivity index (χ0n) is 14.1. The van der Waals surface area contributed by atoms with E-state index >= 15 is 0 Å². The van der Waals surface area contributed by atoms with Crippen molar-refractivity contribution in [3.05, 3.63) is 64.1 Å². The second-order valence-corrected chi connectivity index (χ2v) is 9.11. The molecule has 0 spiro atoms. The second-order valence-electron chi connectivity index (χ2n) is 6.36. The lowest BCUT2D eigenvalue weighted by Crippen LogP contribution is -3.15. The molecular formula is C18H21Cl2N2O3S+. The molecule has 1 fully saturated rings. The maximum Gasteiger partial charge on any atom is 0.245 e. The third-order valence-corrected chi connectivity index (χ3v) is 7.22. The Bertz CT molecular complexity index is 854. The van der Waals surface area contributed by atoms with Gasteiger partial charge in [-0.25, -0.2) is 8.42 Å². The number of quaternary nitrogens is 1. The van der Waals surface area contributed by atoms with Crippen molar-refractivity contribution in [1.29, 1.82) is 0 Å². The zero-order valence-corrected chi connectivity index (χ0v) is 16.4. The van der Waals surface area contributed by atoms with Gasteiger partial charge in [-0.1, -0.05) is 53.5 Å². The van der Waals surface area contributed by atoms with Crippen LogP contribution in [0.1, 0.15) is 11.7 Å². The molecule has 0 aliphatic carbocycles. The number of sulfonamides is 1. The van der Waals surface area contributed by atoms with Crippen molar-refractivity contribution < 1.29 is 18.4 Å². The van der Waals surface area contributed by atoms with E-state index in [1.807, 2.05) is 30.3 Å². The molecule has 0 aromatic heterocycles. The minimum Gasteiger partial charge on any atom is -0.382 e. The highest BCUT2D eigenvalue weighted by Gasteiger charge is 2.32. The van der Waals surface area contributed by atoms with Gasteiger partial charge in [-0.2, -0.15) is 4.31 Å². The van der Waals surface area contributed by atoms with Gasteiger partial charge in [-0.15, -0.1) is 0 Å². The van der Waals surface area contributed by atoms with E-state index in [0.29, 0.717) is 37.7 Å². The van der Waals surface area contributed by atoms with Crippen molar-refractivity contribution in [3.8, 4) is 0 Å². The molecule has 3 rings (SSSR count). The number of benzene rings is 2. The summed E-state index contributed by atoms with van der Waals surface area (Å²) in [6.45, 7) is 2.56. The first-order chi connectivity index (χ1) is 12.4. The van der Waals surface area contributed by atoms with E-state index in [4.69, 9.17) is 23.2 Å². The van der Waals surface area contributed by atoms with Crippen LogP contribution in [0.15, 0.2) is 53.4 Å². The smallest absolute Gasteiger partial charge is 0.245 e. The molecule has 1 aliphatic rings. The van der Waals surface area contributed by atoms with E-state index in [1.165, 1.54) is 21.3 Å². The maximum absolute atomic E-state index is 12.8. The Labute approximate surface area is 163 Å². The Kier molecular flexibility index (Phi) is 6.22. The second kappa shape index (κ2) is 8.25. The molecular weight excluding hydrogens is 395 g/mol. The van der Waals surface area contributed by atoms with Crippen LogP contribution < -0.4 is 4.90 Å². The van der Waals surface area contributed by atoms with Crippen LogP contribution in [0.5, 0.6) is 0 Å². The highest BCUT2D eigenvalue weighted by Crippen LogP contribution is 2.27. The fourth-order valence-corrected chi connectivity index (χ4v) is 5.31. The van der Waals surface area contributed by atoms with Crippen LogP contribution in [0.3, 0.4) is 0 Å². The van der Waals surface area contributed by atoms with E-state index in [1.54, 1.807) is 6.07 Å². The predicted molar refractivity (Wildman–Crippen MR) is 102 cm³/mol. The van der Waals surface area contributed by atoms with Crippen molar-refractivity contribution in [2.24, 2.45) is 0 Å². The van der Waals surface area contributed by atoms with Crippen LogP contribution in [0.4, 0.5) is 0 Å². The van der Waals surface area contributed by atoms with Crippen molar-refractivity contribution in [2.45, 2.75) is 11.0 Å². The van der Waals surface area contributed by atoms with Crippen molar-refractivity contribution in [2.75, 3.05) is 32.7 Å². The summed E-state index contributed by atoms with van der Waals surface area (Å²) in [6, 6.07) is 13.9. The predicted octanol–water partition coefficient (Wildman–Crippen LogP) is 1.62. The van der Waals surface area contributed by atoms with Crippen LogP contribution in [0.25, 0.3) is 0 Å². The summed E-state index contributed by atoms with van der Waals surface area (Å²) in [5.41, 5.74) is 0.876. The molecule has 140 valence electrons. The summed E-state index contributed by atoms with van der Waals surface area (Å²) in [5, 5.41) is 10.9. The number of halogens is 2. The Morgan fingerprint density at radius 3 is 2.38 bits per heavy atom. The highest BCUT2D eigenvalue weighted by molar-refractivity contribution is 7.89. The van der Waals surface area contributed by atoms with E-state index < -0.39 is 16.1 Å². The lowest BCUT2D eigenvalue weighted by atomic mass is 10.1. The zero-order chi connectivity index (χ0) is 18.7. The van der Waals surface area contributed by atoms with Crippen molar-refractivity contribution in [3.63, 3.8) is 0 Å². The summed E-state index contributed by atoms with van der Waals surface area (Å²) in [4.78, 5) is 1.21. The number of aliphatic hydroxyl groups is 1. The lowest BCUT2D eigenvalue weighted by Gasteiger charge is -2.32. The molecule has 0 radical (unpaired) electrons. The SMILES string of the molecule is O=S(=O)(c1cc(Cl)ccc1Cl)N1CC[NH+](C[C@H](O)c2ccccc2)CC1. The Balaban J connectivity index is 1.64. The third kappa shape index (κ3) is 4.39. The molecule has 26 heavy (non-hydrogen) atoms. The molecule has 1 heterocycles. The normalized spacial score (nSPS) is 18.0. The molecule has 8 heteroatoms. The van der Waals surface area contributed by atoms with Gasteiger partial charge in [0.1, 0.15) is 17.5 Å².